The maximum absolute atomic E-state index is 11.8. The molecule has 0 aromatic carbocycles. The van der Waals surface area contributed by atoms with E-state index in [9.17, 15) is 17.2 Å². The van der Waals surface area contributed by atoms with Crippen LogP contribution in [0.5, 0.6) is 0 Å². The second kappa shape index (κ2) is 7.36. The largest absolute Gasteiger partial charge is 0.350 e. The third-order valence-corrected chi connectivity index (χ3v) is 2.94. The predicted molar refractivity (Wildman–Crippen MR) is 52.1 cm³/mol. The molecule has 14 heavy (non-hydrogen) atoms. The van der Waals surface area contributed by atoms with Gasteiger partial charge in [0.25, 0.3) is 10.0 Å². The number of alkyl halides is 3. The van der Waals surface area contributed by atoms with Gasteiger partial charge in [0.1, 0.15) is 0 Å². The van der Waals surface area contributed by atoms with Gasteiger partial charge >= 0.3 is 5.76 Å². The van der Waals surface area contributed by atoms with E-state index in [1.165, 1.54) is 0 Å². The Labute approximate surface area is 87.9 Å². The van der Waals surface area contributed by atoms with E-state index in [1.807, 2.05) is 4.72 Å². The van der Waals surface area contributed by atoms with Crippen molar-refractivity contribution in [2.24, 2.45) is 0 Å². The van der Waals surface area contributed by atoms with Gasteiger partial charge < -0.3 is 0 Å². The first-order valence-corrected chi connectivity index (χ1v) is 6.41. The van der Waals surface area contributed by atoms with E-state index in [2.05, 4.69) is 0 Å². The quantitative estimate of drug-likeness (QED) is 0.528. The van der Waals surface area contributed by atoms with Crippen molar-refractivity contribution in [2.45, 2.75) is 31.4 Å². The van der Waals surface area contributed by atoms with E-state index >= 15 is 0 Å². The van der Waals surface area contributed by atoms with Gasteiger partial charge in [0.15, 0.2) is 0 Å². The van der Waals surface area contributed by atoms with E-state index in [0.717, 1.165) is 19.3 Å². The summed E-state index contributed by atoms with van der Waals surface area (Å²) in [5.74, 6) is -2.77. The smallest absolute Gasteiger partial charge is 0.210 e. The highest BCUT2D eigenvalue weighted by molar-refractivity contribution is 7.89. The van der Waals surface area contributed by atoms with E-state index in [-0.39, 0.29) is 6.54 Å². The van der Waals surface area contributed by atoms with Crippen LogP contribution in [0.3, 0.4) is 0 Å². The Bertz CT molecular complexity index is 234. The van der Waals surface area contributed by atoms with Crippen LogP contribution in [0.1, 0.15) is 25.7 Å². The molecule has 0 saturated carbocycles. The maximum atomic E-state index is 11.8. The van der Waals surface area contributed by atoms with Crippen LogP contribution >= 0.6 is 11.6 Å². The summed E-state index contributed by atoms with van der Waals surface area (Å²) in [7, 11) is -4.40. The lowest BCUT2D eigenvalue weighted by molar-refractivity contribution is 0.232. The summed E-state index contributed by atoms with van der Waals surface area (Å²) in [6, 6.07) is 0. The highest BCUT2D eigenvalue weighted by atomic mass is 35.5. The Morgan fingerprint density at radius 2 is 1.71 bits per heavy atom. The number of nitrogens with one attached hydrogen (secondary N) is 1. The Morgan fingerprint density at radius 1 is 1.14 bits per heavy atom. The van der Waals surface area contributed by atoms with Crippen molar-refractivity contribution < 1.29 is 17.2 Å². The van der Waals surface area contributed by atoms with Crippen molar-refractivity contribution in [2.75, 3.05) is 12.4 Å². The fraction of sp³-hybridized carbons (Fsp3) is 1.00. The molecule has 0 aliphatic rings. The molecule has 86 valence electrons. The first-order valence-electron chi connectivity index (χ1n) is 4.33. The Morgan fingerprint density at radius 3 is 2.21 bits per heavy atom. The van der Waals surface area contributed by atoms with Crippen LogP contribution in [0.4, 0.5) is 8.78 Å². The van der Waals surface area contributed by atoms with Gasteiger partial charge in [-0.25, -0.2) is 13.1 Å². The molecule has 0 aromatic heterocycles. The highest BCUT2D eigenvalue weighted by Gasteiger charge is 2.22. The van der Waals surface area contributed by atoms with Crippen molar-refractivity contribution in [3.63, 3.8) is 0 Å². The summed E-state index contributed by atoms with van der Waals surface area (Å²) < 4.78 is 46.4. The van der Waals surface area contributed by atoms with Gasteiger partial charge in [-0.2, -0.15) is 8.78 Å². The lowest BCUT2D eigenvalue weighted by Gasteiger charge is -2.04. The van der Waals surface area contributed by atoms with Crippen LogP contribution in [0, 0.1) is 0 Å². The molecular formula is C7H14ClF2NO2S. The van der Waals surface area contributed by atoms with Crippen LogP contribution in [-0.2, 0) is 10.0 Å². The molecular weight excluding hydrogens is 236 g/mol. The highest BCUT2D eigenvalue weighted by Crippen LogP contribution is 2.03. The van der Waals surface area contributed by atoms with Crippen molar-refractivity contribution in [1.29, 1.82) is 0 Å². The lowest BCUT2D eigenvalue weighted by Crippen LogP contribution is -2.30. The molecule has 0 rings (SSSR count). The fourth-order valence-corrected chi connectivity index (χ4v) is 1.59. The third-order valence-electron chi connectivity index (χ3n) is 1.60. The molecule has 0 amide bonds. The van der Waals surface area contributed by atoms with E-state index < -0.39 is 15.8 Å². The zero-order valence-electron chi connectivity index (χ0n) is 7.68. The van der Waals surface area contributed by atoms with Gasteiger partial charge in [0, 0.05) is 12.4 Å². The molecule has 0 aromatic rings. The minimum absolute atomic E-state index is 0.0644. The monoisotopic (exact) mass is 249 g/mol. The Hall–Kier alpha value is 0.0600. The molecule has 0 unspecified atom stereocenters. The van der Waals surface area contributed by atoms with Crippen LogP contribution in [0.25, 0.3) is 0 Å². The molecule has 0 aliphatic heterocycles. The zero-order chi connectivity index (χ0) is 11.0. The van der Waals surface area contributed by atoms with Gasteiger partial charge in [-0.1, -0.05) is 12.8 Å². The van der Waals surface area contributed by atoms with Gasteiger partial charge in [-0.3, -0.25) is 0 Å². The minimum Gasteiger partial charge on any atom is -0.210 e. The Balaban J connectivity index is 3.46. The number of rotatable bonds is 8. The summed E-state index contributed by atoms with van der Waals surface area (Å²) in [4.78, 5) is 0. The van der Waals surface area contributed by atoms with Crippen LogP contribution in [-0.4, -0.2) is 26.6 Å². The number of halogens is 3. The second-order valence-electron chi connectivity index (χ2n) is 2.80. The summed E-state index contributed by atoms with van der Waals surface area (Å²) >= 11 is 5.42. The van der Waals surface area contributed by atoms with Crippen molar-refractivity contribution >= 4 is 21.6 Å². The number of sulfonamides is 1. The van der Waals surface area contributed by atoms with E-state index in [4.69, 9.17) is 11.6 Å². The number of hydrogen-bond donors (Lipinski definition) is 1. The number of unbranched alkanes of at least 4 members (excludes halogenated alkanes) is 3. The van der Waals surface area contributed by atoms with E-state index in [0.29, 0.717) is 12.3 Å². The molecule has 7 heteroatoms. The van der Waals surface area contributed by atoms with Gasteiger partial charge in [0.05, 0.1) is 0 Å². The first kappa shape index (κ1) is 14.1. The van der Waals surface area contributed by atoms with Crippen LogP contribution < -0.4 is 4.72 Å². The van der Waals surface area contributed by atoms with Gasteiger partial charge in [-0.15, -0.1) is 11.6 Å². The second-order valence-corrected chi connectivity index (χ2v) is 4.92. The molecule has 0 heterocycles. The van der Waals surface area contributed by atoms with Crippen molar-refractivity contribution in [3.8, 4) is 0 Å². The average molecular weight is 250 g/mol. The van der Waals surface area contributed by atoms with Gasteiger partial charge in [-0.05, 0) is 12.8 Å². The SMILES string of the molecule is O=S(=O)(NCCCCCCCl)C(F)F. The van der Waals surface area contributed by atoms with Crippen LogP contribution in [0.15, 0.2) is 0 Å². The van der Waals surface area contributed by atoms with Crippen molar-refractivity contribution in [3.05, 3.63) is 0 Å². The fourth-order valence-electron chi connectivity index (χ4n) is 0.850. The molecule has 0 saturated heterocycles. The molecule has 0 fully saturated rings. The summed E-state index contributed by atoms with van der Waals surface area (Å²) in [5, 5.41) is 0. The predicted octanol–water partition coefficient (Wildman–Crippen LogP) is 1.93. The summed E-state index contributed by atoms with van der Waals surface area (Å²) in [5.41, 5.74) is 0. The summed E-state index contributed by atoms with van der Waals surface area (Å²) in [6.45, 7) is 0.0644. The first-order chi connectivity index (χ1) is 6.50. The third kappa shape index (κ3) is 6.50. The normalized spacial score (nSPS) is 12.3. The molecule has 0 spiro atoms. The molecule has 0 atom stereocenters. The maximum Gasteiger partial charge on any atom is 0.350 e. The van der Waals surface area contributed by atoms with Crippen molar-refractivity contribution in [1.82, 2.24) is 4.72 Å². The molecule has 0 radical (unpaired) electrons. The number of hydrogen-bond acceptors (Lipinski definition) is 2. The van der Waals surface area contributed by atoms with Crippen LogP contribution in [0.2, 0.25) is 0 Å². The average Bonchev–Trinajstić information content (AvgIpc) is 2.10. The Kier molecular flexibility index (Phi) is 7.40. The molecule has 0 bridgehead atoms. The molecule has 0 aliphatic carbocycles. The lowest BCUT2D eigenvalue weighted by atomic mass is 10.2. The standard InChI is InChI=1S/C7H14ClF2NO2S/c8-5-3-1-2-4-6-11-14(12,13)7(9)10/h7,11H,1-6H2. The zero-order valence-corrected chi connectivity index (χ0v) is 9.25. The molecule has 1 N–H and O–H groups in total. The topological polar surface area (TPSA) is 46.2 Å². The minimum atomic E-state index is -4.40. The van der Waals surface area contributed by atoms with Gasteiger partial charge in [0.2, 0.25) is 0 Å². The van der Waals surface area contributed by atoms with E-state index in [1.54, 1.807) is 0 Å². The summed E-state index contributed by atoms with van der Waals surface area (Å²) in [6.07, 6.45) is 3.10. The molecule has 3 nitrogen and oxygen atoms in total.